The molecule has 0 saturated heterocycles. The Morgan fingerprint density at radius 1 is 0.929 bits per heavy atom. The summed E-state index contributed by atoms with van der Waals surface area (Å²) in [6.07, 6.45) is 2.01. The standard InChI is InChI=1S/C24H23NO3/c1-17-9-11-21(12-10-17)25-16-20-15-24(28-3)23(27-2)14-19(20)13-22(26)18-7-5-4-6-8-18/h4-12,14-16H,13H2,1-3H3. The van der Waals surface area contributed by atoms with Crippen molar-refractivity contribution in [1.82, 2.24) is 0 Å². The van der Waals surface area contributed by atoms with Crippen LogP contribution in [0.1, 0.15) is 27.0 Å². The minimum atomic E-state index is 0.0396. The Morgan fingerprint density at radius 2 is 1.57 bits per heavy atom. The highest BCUT2D eigenvalue weighted by Crippen LogP contribution is 2.31. The number of ether oxygens (including phenoxy) is 2. The highest BCUT2D eigenvalue weighted by atomic mass is 16.5. The van der Waals surface area contributed by atoms with E-state index in [0.29, 0.717) is 17.1 Å². The molecule has 0 amide bonds. The van der Waals surface area contributed by atoms with E-state index < -0.39 is 0 Å². The molecule has 4 nitrogen and oxygen atoms in total. The van der Waals surface area contributed by atoms with Gasteiger partial charge in [0.2, 0.25) is 0 Å². The summed E-state index contributed by atoms with van der Waals surface area (Å²) >= 11 is 0. The number of ketones is 1. The Bertz CT molecular complexity index is 977. The summed E-state index contributed by atoms with van der Waals surface area (Å²) in [5, 5.41) is 0. The number of methoxy groups -OCH3 is 2. The molecule has 0 heterocycles. The number of rotatable bonds is 7. The van der Waals surface area contributed by atoms with Crippen molar-refractivity contribution >= 4 is 17.7 Å². The minimum Gasteiger partial charge on any atom is -0.493 e. The zero-order valence-corrected chi connectivity index (χ0v) is 16.3. The van der Waals surface area contributed by atoms with E-state index in [0.717, 1.165) is 16.8 Å². The lowest BCUT2D eigenvalue weighted by molar-refractivity contribution is 0.0993. The van der Waals surface area contributed by atoms with Crippen molar-refractivity contribution in [2.24, 2.45) is 4.99 Å². The summed E-state index contributed by atoms with van der Waals surface area (Å²) in [5.74, 6) is 1.23. The van der Waals surface area contributed by atoms with Gasteiger partial charge in [-0.15, -0.1) is 0 Å². The normalized spacial score (nSPS) is 10.8. The van der Waals surface area contributed by atoms with Gasteiger partial charge in [-0.1, -0.05) is 48.0 Å². The van der Waals surface area contributed by atoms with E-state index in [1.54, 1.807) is 20.4 Å². The van der Waals surface area contributed by atoms with Crippen molar-refractivity contribution in [3.63, 3.8) is 0 Å². The van der Waals surface area contributed by atoms with Crippen LogP contribution in [-0.4, -0.2) is 26.2 Å². The highest BCUT2D eigenvalue weighted by Gasteiger charge is 2.14. The molecule has 3 rings (SSSR count). The number of Topliss-reactive ketones (excluding diaryl/α,β-unsaturated/α-hetero) is 1. The van der Waals surface area contributed by atoms with E-state index in [1.807, 2.05) is 73.7 Å². The predicted octanol–water partition coefficient (Wildman–Crippen LogP) is 5.19. The van der Waals surface area contributed by atoms with E-state index >= 15 is 0 Å². The van der Waals surface area contributed by atoms with Gasteiger partial charge < -0.3 is 9.47 Å². The van der Waals surface area contributed by atoms with Crippen LogP contribution in [0.15, 0.2) is 71.7 Å². The summed E-state index contributed by atoms with van der Waals surface area (Å²) in [4.78, 5) is 17.3. The van der Waals surface area contributed by atoms with Gasteiger partial charge in [0.15, 0.2) is 17.3 Å². The quantitative estimate of drug-likeness (QED) is 0.423. The number of hydrogen-bond donors (Lipinski definition) is 0. The molecule has 0 aliphatic rings. The van der Waals surface area contributed by atoms with Crippen LogP contribution in [0.5, 0.6) is 11.5 Å². The average molecular weight is 373 g/mol. The monoisotopic (exact) mass is 373 g/mol. The molecule has 0 fully saturated rings. The maximum absolute atomic E-state index is 12.7. The number of hydrogen-bond acceptors (Lipinski definition) is 4. The van der Waals surface area contributed by atoms with Gasteiger partial charge in [-0.2, -0.15) is 0 Å². The summed E-state index contributed by atoms with van der Waals surface area (Å²) in [6, 6.07) is 20.9. The zero-order valence-electron chi connectivity index (χ0n) is 16.3. The number of nitrogens with zero attached hydrogens (tertiary/aromatic N) is 1. The lowest BCUT2D eigenvalue weighted by Gasteiger charge is -2.13. The van der Waals surface area contributed by atoms with Crippen LogP contribution in [0.25, 0.3) is 0 Å². The van der Waals surface area contributed by atoms with Crippen LogP contribution in [0.4, 0.5) is 5.69 Å². The van der Waals surface area contributed by atoms with Crippen molar-refractivity contribution in [1.29, 1.82) is 0 Å². The summed E-state index contributed by atoms with van der Waals surface area (Å²) in [5.41, 5.74) is 4.36. The second-order valence-corrected chi connectivity index (χ2v) is 6.47. The molecule has 0 N–H and O–H groups in total. The van der Waals surface area contributed by atoms with Gasteiger partial charge in [-0.05, 0) is 36.8 Å². The molecule has 142 valence electrons. The molecule has 0 bridgehead atoms. The Hall–Kier alpha value is -3.40. The first-order valence-corrected chi connectivity index (χ1v) is 9.04. The Kier molecular flexibility index (Phi) is 6.22. The topological polar surface area (TPSA) is 47.9 Å². The summed E-state index contributed by atoms with van der Waals surface area (Å²) < 4.78 is 10.8. The molecule has 0 aliphatic carbocycles. The van der Waals surface area contributed by atoms with Crippen molar-refractivity contribution < 1.29 is 14.3 Å². The molecule has 0 unspecified atom stereocenters. The Morgan fingerprint density at radius 3 is 2.21 bits per heavy atom. The average Bonchev–Trinajstić information content (AvgIpc) is 2.74. The molecule has 3 aromatic carbocycles. The highest BCUT2D eigenvalue weighted by molar-refractivity contribution is 5.99. The largest absolute Gasteiger partial charge is 0.493 e. The van der Waals surface area contributed by atoms with Crippen LogP contribution in [0, 0.1) is 6.92 Å². The van der Waals surface area contributed by atoms with Crippen LogP contribution in [0.3, 0.4) is 0 Å². The molecule has 0 spiro atoms. The van der Waals surface area contributed by atoms with Crippen LogP contribution < -0.4 is 9.47 Å². The van der Waals surface area contributed by atoms with Crippen molar-refractivity contribution in [2.75, 3.05) is 14.2 Å². The fourth-order valence-corrected chi connectivity index (χ4v) is 2.88. The van der Waals surface area contributed by atoms with E-state index in [1.165, 1.54) is 5.56 Å². The zero-order chi connectivity index (χ0) is 19.9. The molecule has 0 aliphatic heterocycles. The fourth-order valence-electron chi connectivity index (χ4n) is 2.88. The van der Waals surface area contributed by atoms with E-state index in [2.05, 4.69) is 4.99 Å². The molecule has 0 aromatic heterocycles. The number of benzene rings is 3. The summed E-state index contributed by atoms with van der Waals surface area (Å²) in [7, 11) is 3.17. The molecule has 0 radical (unpaired) electrons. The summed E-state index contributed by atoms with van der Waals surface area (Å²) in [6.45, 7) is 2.04. The van der Waals surface area contributed by atoms with Gasteiger partial charge in [0.1, 0.15) is 0 Å². The second kappa shape index (κ2) is 9.00. The van der Waals surface area contributed by atoms with Gasteiger partial charge in [-0.25, -0.2) is 0 Å². The fraction of sp³-hybridized carbons (Fsp3) is 0.167. The van der Waals surface area contributed by atoms with Gasteiger partial charge in [0, 0.05) is 23.8 Å². The Balaban J connectivity index is 1.96. The number of aliphatic imine (C=N–C) groups is 1. The number of carbonyl (C=O) groups is 1. The number of aryl methyl sites for hydroxylation is 1. The maximum Gasteiger partial charge on any atom is 0.167 e. The van der Waals surface area contributed by atoms with Crippen LogP contribution in [0.2, 0.25) is 0 Å². The minimum absolute atomic E-state index is 0.0396. The first-order valence-electron chi connectivity index (χ1n) is 9.04. The maximum atomic E-state index is 12.7. The SMILES string of the molecule is COc1cc(C=Nc2ccc(C)cc2)c(CC(=O)c2ccccc2)cc1OC. The van der Waals surface area contributed by atoms with E-state index in [-0.39, 0.29) is 12.2 Å². The first kappa shape index (κ1) is 19.4. The third-order valence-electron chi connectivity index (χ3n) is 4.48. The van der Waals surface area contributed by atoms with Gasteiger partial charge in [0.25, 0.3) is 0 Å². The van der Waals surface area contributed by atoms with Crippen LogP contribution >= 0.6 is 0 Å². The van der Waals surface area contributed by atoms with Crippen molar-refractivity contribution in [3.8, 4) is 11.5 Å². The molecule has 0 atom stereocenters. The lowest BCUT2D eigenvalue weighted by Crippen LogP contribution is -2.07. The van der Waals surface area contributed by atoms with Gasteiger partial charge in [0.05, 0.1) is 19.9 Å². The van der Waals surface area contributed by atoms with Gasteiger partial charge >= 0.3 is 0 Å². The Labute approximate surface area is 165 Å². The molecule has 4 heteroatoms. The third kappa shape index (κ3) is 4.65. The van der Waals surface area contributed by atoms with Gasteiger partial charge in [-0.3, -0.25) is 9.79 Å². The van der Waals surface area contributed by atoms with E-state index in [9.17, 15) is 4.79 Å². The molecule has 3 aromatic rings. The second-order valence-electron chi connectivity index (χ2n) is 6.47. The molecular weight excluding hydrogens is 350 g/mol. The predicted molar refractivity (Wildman–Crippen MR) is 112 cm³/mol. The van der Waals surface area contributed by atoms with Crippen molar-refractivity contribution in [3.05, 3.63) is 89.0 Å². The smallest absolute Gasteiger partial charge is 0.167 e. The van der Waals surface area contributed by atoms with E-state index in [4.69, 9.17) is 9.47 Å². The molecule has 0 saturated carbocycles. The van der Waals surface area contributed by atoms with Crippen LogP contribution in [-0.2, 0) is 6.42 Å². The third-order valence-corrected chi connectivity index (χ3v) is 4.48. The van der Waals surface area contributed by atoms with Crippen molar-refractivity contribution in [2.45, 2.75) is 13.3 Å². The number of carbonyl (C=O) groups excluding carboxylic acids is 1. The first-order chi connectivity index (χ1) is 13.6. The molecule has 28 heavy (non-hydrogen) atoms. The lowest BCUT2D eigenvalue weighted by atomic mass is 9.98. The molecular formula is C24H23NO3.